The van der Waals surface area contributed by atoms with Gasteiger partial charge < -0.3 is 5.32 Å². The van der Waals surface area contributed by atoms with Crippen molar-refractivity contribution in [3.63, 3.8) is 0 Å². The quantitative estimate of drug-likeness (QED) is 0.854. The van der Waals surface area contributed by atoms with Gasteiger partial charge in [-0.25, -0.2) is 4.98 Å². The number of benzene rings is 1. The first-order valence-electron chi connectivity index (χ1n) is 6.19. The molecule has 0 amide bonds. The summed E-state index contributed by atoms with van der Waals surface area (Å²) >= 11 is 3.46. The van der Waals surface area contributed by atoms with Crippen molar-refractivity contribution >= 4 is 33.3 Å². The molecule has 0 bridgehead atoms. The summed E-state index contributed by atoms with van der Waals surface area (Å²) in [4.78, 5) is 4.61. The number of nitriles is 1. The Morgan fingerprint density at radius 2 is 2.26 bits per heavy atom. The molecule has 1 heterocycles. The predicted octanol–water partition coefficient (Wildman–Crippen LogP) is 3.67. The van der Waals surface area contributed by atoms with Crippen LogP contribution in [0.3, 0.4) is 0 Å². The number of para-hydroxylation sites is 1. The fraction of sp³-hybridized carbons (Fsp3) is 0.429. The van der Waals surface area contributed by atoms with Crippen LogP contribution in [0.1, 0.15) is 20.3 Å². The highest BCUT2D eigenvalue weighted by Crippen LogP contribution is 2.34. The summed E-state index contributed by atoms with van der Waals surface area (Å²) in [6.45, 7) is 4.08. The molecule has 2 aromatic rings. The lowest BCUT2D eigenvalue weighted by Crippen LogP contribution is -2.40. The number of fused-ring (bicyclic) bond motifs is 1. The SMILES string of the molecule is CNC(C)(C#N)CC(C)Sc1nc2ccccc2s1. The van der Waals surface area contributed by atoms with Gasteiger partial charge >= 0.3 is 0 Å². The number of hydrogen-bond donors (Lipinski definition) is 1. The predicted molar refractivity (Wildman–Crippen MR) is 82.6 cm³/mol. The molecule has 0 radical (unpaired) electrons. The lowest BCUT2D eigenvalue weighted by Gasteiger charge is -2.23. The minimum Gasteiger partial charge on any atom is -0.303 e. The second-order valence-corrected chi connectivity index (χ2v) is 7.49. The summed E-state index contributed by atoms with van der Waals surface area (Å²) in [6.07, 6.45) is 0.792. The Labute approximate surface area is 122 Å². The van der Waals surface area contributed by atoms with Crippen molar-refractivity contribution in [3.8, 4) is 6.07 Å². The van der Waals surface area contributed by atoms with Crippen molar-refractivity contribution in [3.05, 3.63) is 24.3 Å². The van der Waals surface area contributed by atoms with Gasteiger partial charge in [0, 0.05) is 5.25 Å². The van der Waals surface area contributed by atoms with Crippen LogP contribution in [0.4, 0.5) is 0 Å². The van der Waals surface area contributed by atoms with Crippen LogP contribution < -0.4 is 5.32 Å². The average molecular weight is 291 g/mol. The van der Waals surface area contributed by atoms with Crippen molar-refractivity contribution < 1.29 is 0 Å². The lowest BCUT2D eigenvalue weighted by molar-refractivity contribution is 0.455. The van der Waals surface area contributed by atoms with Crippen molar-refractivity contribution in [2.75, 3.05) is 7.05 Å². The first-order valence-corrected chi connectivity index (χ1v) is 7.88. The maximum atomic E-state index is 9.18. The summed E-state index contributed by atoms with van der Waals surface area (Å²) < 4.78 is 2.29. The van der Waals surface area contributed by atoms with Gasteiger partial charge in [0.1, 0.15) is 5.54 Å². The molecule has 5 heteroatoms. The van der Waals surface area contributed by atoms with E-state index >= 15 is 0 Å². The molecule has 1 aromatic heterocycles. The van der Waals surface area contributed by atoms with E-state index in [4.69, 9.17) is 0 Å². The molecule has 0 saturated heterocycles. The number of nitrogens with one attached hydrogen (secondary N) is 1. The van der Waals surface area contributed by atoms with Crippen LogP contribution in [0.25, 0.3) is 10.2 Å². The highest BCUT2D eigenvalue weighted by molar-refractivity contribution is 8.01. The molecule has 0 saturated carbocycles. The Kier molecular flexibility index (Phi) is 4.46. The van der Waals surface area contributed by atoms with Crippen molar-refractivity contribution in [1.29, 1.82) is 5.26 Å². The minimum absolute atomic E-state index is 0.345. The Balaban J connectivity index is 2.06. The first-order chi connectivity index (χ1) is 9.06. The Morgan fingerprint density at radius 1 is 1.53 bits per heavy atom. The lowest BCUT2D eigenvalue weighted by atomic mass is 9.98. The fourth-order valence-corrected chi connectivity index (χ4v) is 4.46. The molecule has 1 aromatic carbocycles. The maximum absolute atomic E-state index is 9.18. The molecule has 0 aliphatic carbocycles. The van der Waals surface area contributed by atoms with Crippen LogP contribution in [0.15, 0.2) is 28.6 Å². The Bertz CT molecular complexity index is 569. The standard InChI is InChI=1S/C14H17N3S2/c1-10(8-14(2,9-15)16-3)18-13-17-11-6-4-5-7-12(11)19-13/h4-7,10,16H,8H2,1-3H3. The summed E-state index contributed by atoms with van der Waals surface area (Å²) in [5.74, 6) is 0. The molecule has 0 spiro atoms. The largest absolute Gasteiger partial charge is 0.303 e. The zero-order chi connectivity index (χ0) is 13.9. The number of thiazole rings is 1. The second kappa shape index (κ2) is 5.91. The summed E-state index contributed by atoms with van der Waals surface area (Å²) in [5, 5.41) is 12.6. The van der Waals surface area contributed by atoms with E-state index in [1.54, 1.807) is 23.1 Å². The van der Waals surface area contributed by atoms with Crippen molar-refractivity contribution in [1.82, 2.24) is 10.3 Å². The third-order valence-electron chi connectivity index (χ3n) is 3.07. The number of hydrogen-bond acceptors (Lipinski definition) is 5. The molecule has 3 nitrogen and oxygen atoms in total. The monoisotopic (exact) mass is 291 g/mol. The van der Waals surface area contributed by atoms with Gasteiger partial charge in [0.15, 0.2) is 4.34 Å². The van der Waals surface area contributed by atoms with Gasteiger partial charge in [-0.3, -0.25) is 0 Å². The van der Waals surface area contributed by atoms with E-state index in [-0.39, 0.29) is 0 Å². The van der Waals surface area contributed by atoms with Crippen LogP contribution in [0, 0.1) is 11.3 Å². The molecule has 0 aliphatic rings. The van der Waals surface area contributed by atoms with E-state index in [1.807, 2.05) is 32.2 Å². The Morgan fingerprint density at radius 3 is 2.89 bits per heavy atom. The highest BCUT2D eigenvalue weighted by Gasteiger charge is 2.25. The summed E-state index contributed by atoms with van der Waals surface area (Å²) in [5.41, 5.74) is 0.585. The van der Waals surface area contributed by atoms with Crippen LogP contribution in [0.5, 0.6) is 0 Å². The van der Waals surface area contributed by atoms with Gasteiger partial charge in [0.25, 0.3) is 0 Å². The summed E-state index contributed by atoms with van der Waals surface area (Å²) in [7, 11) is 1.83. The molecule has 2 unspecified atom stereocenters. The maximum Gasteiger partial charge on any atom is 0.151 e. The third kappa shape index (κ3) is 3.47. The zero-order valence-electron chi connectivity index (χ0n) is 11.3. The number of rotatable bonds is 5. The molecule has 2 atom stereocenters. The van der Waals surface area contributed by atoms with Crippen LogP contribution in [-0.2, 0) is 0 Å². The van der Waals surface area contributed by atoms with Gasteiger partial charge in [-0.1, -0.05) is 30.8 Å². The van der Waals surface area contributed by atoms with E-state index in [0.29, 0.717) is 5.25 Å². The minimum atomic E-state index is -0.469. The number of aromatic nitrogens is 1. The molecule has 1 N–H and O–H groups in total. The van der Waals surface area contributed by atoms with E-state index < -0.39 is 5.54 Å². The molecule has 0 aliphatic heterocycles. The van der Waals surface area contributed by atoms with E-state index in [9.17, 15) is 5.26 Å². The highest BCUT2D eigenvalue weighted by atomic mass is 32.2. The van der Waals surface area contributed by atoms with Crippen LogP contribution in [0.2, 0.25) is 0 Å². The third-order valence-corrected chi connectivity index (χ3v) is 5.30. The van der Waals surface area contributed by atoms with Gasteiger partial charge in [0.05, 0.1) is 16.3 Å². The molecule has 0 fully saturated rings. The smallest absolute Gasteiger partial charge is 0.151 e. The van der Waals surface area contributed by atoms with Crippen LogP contribution in [-0.4, -0.2) is 22.8 Å². The first kappa shape index (κ1) is 14.3. The fourth-order valence-electron chi connectivity index (χ4n) is 1.89. The number of thioether (sulfide) groups is 1. The van der Waals surface area contributed by atoms with Crippen molar-refractivity contribution in [2.45, 2.75) is 35.4 Å². The van der Waals surface area contributed by atoms with E-state index in [0.717, 1.165) is 16.3 Å². The Hall–Kier alpha value is -1.09. The number of nitrogens with zero attached hydrogens (tertiary/aromatic N) is 2. The van der Waals surface area contributed by atoms with Crippen molar-refractivity contribution in [2.24, 2.45) is 0 Å². The van der Waals surface area contributed by atoms with Gasteiger partial charge in [-0.15, -0.1) is 11.3 Å². The zero-order valence-corrected chi connectivity index (χ0v) is 12.9. The van der Waals surface area contributed by atoms with E-state index in [2.05, 4.69) is 29.4 Å². The van der Waals surface area contributed by atoms with Gasteiger partial charge in [0.2, 0.25) is 0 Å². The molecular weight excluding hydrogens is 274 g/mol. The average Bonchev–Trinajstić information content (AvgIpc) is 2.80. The van der Waals surface area contributed by atoms with Crippen LogP contribution >= 0.6 is 23.1 Å². The molecule has 100 valence electrons. The summed E-state index contributed by atoms with van der Waals surface area (Å²) in [6, 6.07) is 10.5. The van der Waals surface area contributed by atoms with Gasteiger partial charge in [-0.2, -0.15) is 5.26 Å². The molecule has 19 heavy (non-hydrogen) atoms. The van der Waals surface area contributed by atoms with E-state index in [1.165, 1.54) is 4.70 Å². The second-order valence-electron chi connectivity index (χ2n) is 4.77. The normalized spacial score (nSPS) is 15.9. The molecular formula is C14H17N3S2. The topological polar surface area (TPSA) is 48.7 Å². The van der Waals surface area contributed by atoms with Gasteiger partial charge in [-0.05, 0) is 32.5 Å². The molecule has 2 rings (SSSR count).